The van der Waals surface area contributed by atoms with Crippen molar-refractivity contribution in [2.45, 2.75) is 51.2 Å². The minimum atomic E-state index is -0.0920. The maximum absolute atomic E-state index is 9.37. The van der Waals surface area contributed by atoms with Crippen LogP contribution in [0.5, 0.6) is 0 Å². The molecule has 1 rings (SSSR count). The van der Waals surface area contributed by atoms with Crippen LogP contribution in [0.25, 0.3) is 0 Å². The zero-order chi connectivity index (χ0) is 8.10. The summed E-state index contributed by atoms with van der Waals surface area (Å²) in [7, 11) is 0. The van der Waals surface area contributed by atoms with Crippen molar-refractivity contribution in [3.8, 4) is 0 Å². The zero-order valence-electron chi connectivity index (χ0n) is 7.34. The third-order valence-electron chi connectivity index (χ3n) is 2.44. The highest BCUT2D eigenvalue weighted by atomic mass is 16.3. The molecule has 0 aliphatic carbocycles. The van der Waals surface area contributed by atoms with Crippen LogP contribution in [0, 0.1) is 0 Å². The van der Waals surface area contributed by atoms with Crippen molar-refractivity contribution in [1.82, 2.24) is 5.32 Å². The Bertz CT molecular complexity index is 99.7. The van der Waals surface area contributed by atoms with Crippen molar-refractivity contribution >= 4 is 0 Å². The summed E-state index contributed by atoms with van der Waals surface area (Å²) >= 11 is 0. The molecule has 0 unspecified atom stereocenters. The second-order valence-corrected chi connectivity index (χ2v) is 3.44. The summed E-state index contributed by atoms with van der Waals surface area (Å²) < 4.78 is 0. The molecule has 1 aliphatic rings. The summed E-state index contributed by atoms with van der Waals surface area (Å²) in [5.41, 5.74) is 0. The Balaban J connectivity index is 2.13. The van der Waals surface area contributed by atoms with E-state index in [9.17, 15) is 5.11 Å². The molecule has 2 N–H and O–H groups in total. The Morgan fingerprint density at radius 2 is 2.36 bits per heavy atom. The molecule has 1 fully saturated rings. The lowest BCUT2D eigenvalue weighted by Crippen LogP contribution is -2.36. The normalized spacial score (nSPS) is 28.4. The lowest BCUT2D eigenvalue weighted by atomic mass is 9.98. The van der Waals surface area contributed by atoms with Gasteiger partial charge in [0.25, 0.3) is 0 Å². The molecule has 0 spiro atoms. The fourth-order valence-electron chi connectivity index (χ4n) is 1.62. The molecule has 0 bridgehead atoms. The van der Waals surface area contributed by atoms with Gasteiger partial charge < -0.3 is 10.4 Å². The van der Waals surface area contributed by atoms with Crippen LogP contribution in [-0.2, 0) is 0 Å². The minimum absolute atomic E-state index is 0.0920. The SMILES string of the molecule is CC[C@H](O)C[C@H]1CCCCN1. The second-order valence-electron chi connectivity index (χ2n) is 3.44. The number of aliphatic hydroxyl groups is 1. The standard InChI is InChI=1S/C9H19NO/c1-2-9(11)7-8-5-3-4-6-10-8/h8-11H,2-7H2,1H3/t8-,9+/m1/s1. The molecule has 0 radical (unpaired) electrons. The molecule has 66 valence electrons. The van der Waals surface area contributed by atoms with E-state index in [2.05, 4.69) is 5.32 Å². The van der Waals surface area contributed by atoms with Gasteiger partial charge in [0.05, 0.1) is 6.10 Å². The van der Waals surface area contributed by atoms with Gasteiger partial charge in [-0.25, -0.2) is 0 Å². The quantitative estimate of drug-likeness (QED) is 0.647. The van der Waals surface area contributed by atoms with Gasteiger partial charge in [-0.2, -0.15) is 0 Å². The predicted octanol–water partition coefficient (Wildman–Crippen LogP) is 1.29. The summed E-state index contributed by atoms with van der Waals surface area (Å²) in [6, 6.07) is 0.582. The molecule has 0 aromatic rings. The van der Waals surface area contributed by atoms with E-state index in [1.54, 1.807) is 0 Å². The fraction of sp³-hybridized carbons (Fsp3) is 1.00. The van der Waals surface area contributed by atoms with Crippen molar-refractivity contribution in [2.24, 2.45) is 0 Å². The molecule has 2 atom stereocenters. The van der Waals surface area contributed by atoms with Gasteiger partial charge in [-0.1, -0.05) is 13.3 Å². The highest BCUT2D eigenvalue weighted by Gasteiger charge is 2.15. The van der Waals surface area contributed by atoms with E-state index in [4.69, 9.17) is 0 Å². The highest BCUT2D eigenvalue weighted by molar-refractivity contribution is 4.74. The van der Waals surface area contributed by atoms with Crippen LogP contribution in [0.1, 0.15) is 39.0 Å². The first kappa shape index (κ1) is 9.01. The van der Waals surface area contributed by atoms with Gasteiger partial charge in [-0.15, -0.1) is 0 Å². The largest absolute Gasteiger partial charge is 0.393 e. The van der Waals surface area contributed by atoms with E-state index in [0.29, 0.717) is 6.04 Å². The Morgan fingerprint density at radius 3 is 2.91 bits per heavy atom. The number of piperidine rings is 1. The molecular formula is C9H19NO. The number of hydrogen-bond donors (Lipinski definition) is 2. The number of aliphatic hydroxyl groups excluding tert-OH is 1. The fourth-order valence-corrected chi connectivity index (χ4v) is 1.62. The average Bonchev–Trinajstić information content (AvgIpc) is 2.06. The summed E-state index contributed by atoms with van der Waals surface area (Å²) in [5, 5.41) is 12.8. The first-order chi connectivity index (χ1) is 5.33. The number of nitrogens with one attached hydrogen (secondary N) is 1. The van der Waals surface area contributed by atoms with Crippen LogP contribution in [-0.4, -0.2) is 23.8 Å². The average molecular weight is 157 g/mol. The van der Waals surface area contributed by atoms with E-state index in [0.717, 1.165) is 19.4 Å². The van der Waals surface area contributed by atoms with Crippen LogP contribution >= 0.6 is 0 Å². The Morgan fingerprint density at radius 1 is 1.55 bits per heavy atom. The minimum Gasteiger partial charge on any atom is -0.393 e. The molecule has 0 aromatic carbocycles. The molecular weight excluding hydrogens is 138 g/mol. The maximum Gasteiger partial charge on any atom is 0.0552 e. The van der Waals surface area contributed by atoms with E-state index in [1.807, 2.05) is 6.92 Å². The van der Waals surface area contributed by atoms with Gasteiger partial charge in [0, 0.05) is 6.04 Å². The van der Waals surface area contributed by atoms with E-state index < -0.39 is 0 Å². The third-order valence-corrected chi connectivity index (χ3v) is 2.44. The van der Waals surface area contributed by atoms with Gasteiger partial charge >= 0.3 is 0 Å². The second kappa shape index (κ2) is 4.73. The van der Waals surface area contributed by atoms with Crippen molar-refractivity contribution in [3.63, 3.8) is 0 Å². The first-order valence-electron chi connectivity index (χ1n) is 4.74. The van der Waals surface area contributed by atoms with Crippen LogP contribution in [0.15, 0.2) is 0 Å². The highest BCUT2D eigenvalue weighted by Crippen LogP contribution is 2.12. The lowest BCUT2D eigenvalue weighted by Gasteiger charge is -2.25. The number of rotatable bonds is 3. The predicted molar refractivity (Wildman–Crippen MR) is 46.6 cm³/mol. The van der Waals surface area contributed by atoms with Gasteiger partial charge in [0.15, 0.2) is 0 Å². The first-order valence-corrected chi connectivity index (χ1v) is 4.74. The van der Waals surface area contributed by atoms with Gasteiger partial charge in [-0.3, -0.25) is 0 Å². The maximum atomic E-state index is 9.37. The molecule has 1 heterocycles. The summed E-state index contributed by atoms with van der Waals surface area (Å²) in [5.74, 6) is 0. The van der Waals surface area contributed by atoms with Gasteiger partial charge in [0.1, 0.15) is 0 Å². The van der Waals surface area contributed by atoms with Crippen LogP contribution in [0.2, 0.25) is 0 Å². The Hall–Kier alpha value is -0.0800. The van der Waals surface area contributed by atoms with E-state index in [-0.39, 0.29) is 6.10 Å². The molecule has 0 saturated carbocycles. The summed E-state index contributed by atoms with van der Waals surface area (Å²) in [4.78, 5) is 0. The number of hydrogen-bond acceptors (Lipinski definition) is 2. The molecule has 1 aliphatic heterocycles. The van der Waals surface area contributed by atoms with Crippen molar-refractivity contribution in [3.05, 3.63) is 0 Å². The molecule has 0 amide bonds. The third kappa shape index (κ3) is 3.21. The van der Waals surface area contributed by atoms with E-state index in [1.165, 1.54) is 19.3 Å². The zero-order valence-corrected chi connectivity index (χ0v) is 7.34. The topological polar surface area (TPSA) is 32.3 Å². The van der Waals surface area contributed by atoms with Gasteiger partial charge in [0.2, 0.25) is 0 Å². The van der Waals surface area contributed by atoms with Crippen LogP contribution in [0.4, 0.5) is 0 Å². The molecule has 0 aromatic heterocycles. The lowest BCUT2D eigenvalue weighted by molar-refractivity contribution is 0.139. The monoisotopic (exact) mass is 157 g/mol. The van der Waals surface area contributed by atoms with Crippen molar-refractivity contribution in [1.29, 1.82) is 0 Å². The molecule has 11 heavy (non-hydrogen) atoms. The summed E-state index contributed by atoms with van der Waals surface area (Å²) in [6.07, 6.45) is 5.61. The van der Waals surface area contributed by atoms with Crippen LogP contribution < -0.4 is 5.32 Å². The Kier molecular flexibility index (Phi) is 3.87. The van der Waals surface area contributed by atoms with Gasteiger partial charge in [-0.05, 0) is 32.2 Å². The van der Waals surface area contributed by atoms with E-state index >= 15 is 0 Å². The van der Waals surface area contributed by atoms with Crippen molar-refractivity contribution in [2.75, 3.05) is 6.54 Å². The summed E-state index contributed by atoms with van der Waals surface area (Å²) in [6.45, 7) is 3.18. The Labute approximate surface area is 69.0 Å². The molecule has 1 saturated heterocycles. The molecule has 2 nitrogen and oxygen atoms in total. The molecule has 2 heteroatoms. The van der Waals surface area contributed by atoms with Crippen LogP contribution in [0.3, 0.4) is 0 Å². The van der Waals surface area contributed by atoms with Crippen molar-refractivity contribution < 1.29 is 5.11 Å². The smallest absolute Gasteiger partial charge is 0.0552 e.